The minimum absolute atomic E-state index is 0.195. The lowest BCUT2D eigenvalue weighted by molar-refractivity contribution is 0.122. The van der Waals surface area contributed by atoms with E-state index < -0.39 is 0 Å². The van der Waals surface area contributed by atoms with Crippen LogP contribution in [-0.2, 0) is 11.3 Å². The maximum Gasteiger partial charge on any atom is 0.274 e. The van der Waals surface area contributed by atoms with Crippen LogP contribution in [0.15, 0.2) is 16.9 Å². The summed E-state index contributed by atoms with van der Waals surface area (Å²) in [6.07, 6.45) is 1.23. The van der Waals surface area contributed by atoms with Crippen LogP contribution in [0.5, 0.6) is 0 Å². The molecule has 108 valence electrons. The van der Waals surface area contributed by atoms with Crippen LogP contribution in [0.3, 0.4) is 0 Å². The molecule has 1 aromatic heterocycles. The van der Waals surface area contributed by atoms with Crippen molar-refractivity contribution in [1.29, 1.82) is 0 Å². The Hall–Kier alpha value is -1.33. The number of aromatic nitrogens is 1. The lowest BCUT2D eigenvalue weighted by atomic mass is 9.84. The summed E-state index contributed by atoms with van der Waals surface area (Å²) in [5, 5.41) is 3.48. The molecule has 3 aliphatic rings. The molecule has 0 saturated carbocycles. The molecule has 2 fully saturated rings. The summed E-state index contributed by atoms with van der Waals surface area (Å²) in [6, 6.07) is 4.19. The van der Waals surface area contributed by atoms with Crippen molar-refractivity contribution in [2.45, 2.75) is 18.9 Å². The molecule has 2 saturated heterocycles. The summed E-state index contributed by atoms with van der Waals surface area (Å²) in [7, 11) is 0. The van der Waals surface area contributed by atoms with Crippen LogP contribution in [0.25, 0.3) is 0 Å². The van der Waals surface area contributed by atoms with E-state index in [1.54, 1.807) is 0 Å². The number of ether oxygens (including phenoxy) is 1. The molecule has 3 aliphatic heterocycles. The smallest absolute Gasteiger partial charge is 0.274 e. The molecule has 5 nitrogen and oxygen atoms in total. The van der Waals surface area contributed by atoms with Gasteiger partial charge in [-0.05, 0) is 31.0 Å². The monoisotopic (exact) mass is 275 g/mol. The largest absolute Gasteiger partial charge is 0.378 e. The molecular weight excluding hydrogens is 254 g/mol. The standard InChI is InChI=1S/C15H21N3O2/c19-15-14(17-3-5-20-6-4-17)2-1-13-12-7-11(8-16-9-12)10-18(13)15/h1-2,11-12,16H,3-10H2. The number of piperidine rings is 1. The Labute approximate surface area is 118 Å². The quantitative estimate of drug-likeness (QED) is 0.805. The topological polar surface area (TPSA) is 46.5 Å². The fourth-order valence-electron chi connectivity index (χ4n) is 3.82. The van der Waals surface area contributed by atoms with Gasteiger partial charge in [-0.1, -0.05) is 0 Å². The molecule has 0 aromatic carbocycles. The van der Waals surface area contributed by atoms with E-state index in [1.165, 1.54) is 12.1 Å². The van der Waals surface area contributed by atoms with Gasteiger partial charge in [0.25, 0.3) is 5.56 Å². The third-order valence-corrected chi connectivity index (χ3v) is 4.84. The predicted molar refractivity (Wildman–Crippen MR) is 77.5 cm³/mol. The molecule has 2 atom stereocenters. The van der Waals surface area contributed by atoms with Gasteiger partial charge in [0.05, 0.1) is 13.2 Å². The molecule has 20 heavy (non-hydrogen) atoms. The van der Waals surface area contributed by atoms with Crippen LogP contribution in [0.4, 0.5) is 5.69 Å². The number of nitrogens with zero attached hydrogens (tertiary/aromatic N) is 2. The summed E-state index contributed by atoms with van der Waals surface area (Å²) in [5.41, 5.74) is 2.27. The van der Waals surface area contributed by atoms with E-state index in [9.17, 15) is 4.79 Å². The van der Waals surface area contributed by atoms with E-state index in [0.717, 1.165) is 51.6 Å². The second-order valence-electron chi connectivity index (χ2n) is 6.12. The van der Waals surface area contributed by atoms with Gasteiger partial charge in [-0.15, -0.1) is 0 Å². The van der Waals surface area contributed by atoms with E-state index in [1.807, 2.05) is 10.6 Å². The van der Waals surface area contributed by atoms with Crippen molar-refractivity contribution in [2.75, 3.05) is 44.3 Å². The Morgan fingerprint density at radius 1 is 1.20 bits per heavy atom. The molecule has 5 heteroatoms. The molecular formula is C15H21N3O2. The number of hydrogen-bond donors (Lipinski definition) is 1. The second kappa shape index (κ2) is 4.90. The van der Waals surface area contributed by atoms with Crippen LogP contribution in [-0.4, -0.2) is 44.0 Å². The number of anilines is 1. The van der Waals surface area contributed by atoms with Crippen molar-refractivity contribution in [1.82, 2.24) is 9.88 Å². The fraction of sp³-hybridized carbons (Fsp3) is 0.667. The minimum atomic E-state index is 0.195. The molecule has 0 radical (unpaired) electrons. The molecule has 4 rings (SSSR count). The Bertz CT molecular complexity index is 563. The van der Waals surface area contributed by atoms with Crippen molar-refractivity contribution in [3.05, 3.63) is 28.2 Å². The maximum atomic E-state index is 12.8. The Morgan fingerprint density at radius 2 is 2.05 bits per heavy atom. The highest BCUT2D eigenvalue weighted by Gasteiger charge is 2.31. The van der Waals surface area contributed by atoms with E-state index in [2.05, 4.69) is 16.3 Å². The summed E-state index contributed by atoms with van der Waals surface area (Å²) >= 11 is 0. The SMILES string of the molecule is O=c1c(N2CCOCC2)ccc2n1CC1CNCC2C1. The molecule has 4 heterocycles. The van der Waals surface area contributed by atoms with E-state index in [4.69, 9.17) is 4.74 Å². The van der Waals surface area contributed by atoms with Gasteiger partial charge < -0.3 is 19.5 Å². The first-order valence-corrected chi connectivity index (χ1v) is 7.60. The minimum Gasteiger partial charge on any atom is -0.378 e. The summed E-state index contributed by atoms with van der Waals surface area (Å²) < 4.78 is 7.41. The highest BCUT2D eigenvalue weighted by Crippen LogP contribution is 2.32. The van der Waals surface area contributed by atoms with E-state index in [-0.39, 0.29) is 5.56 Å². The average Bonchev–Trinajstić information content (AvgIpc) is 2.50. The molecule has 0 aliphatic carbocycles. The van der Waals surface area contributed by atoms with Gasteiger partial charge in [-0.25, -0.2) is 0 Å². The van der Waals surface area contributed by atoms with E-state index >= 15 is 0 Å². The first-order chi connectivity index (χ1) is 9.83. The number of hydrogen-bond acceptors (Lipinski definition) is 4. The van der Waals surface area contributed by atoms with Crippen molar-refractivity contribution in [3.63, 3.8) is 0 Å². The fourth-order valence-corrected chi connectivity index (χ4v) is 3.82. The van der Waals surface area contributed by atoms with Crippen LogP contribution >= 0.6 is 0 Å². The first kappa shape index (κ1) is 12.4. The molecule has 2 bridgehead atoms. The van der Waals surface area contributed by atoms with Crippen molar-refractivity contribution < 1.29 is 4.74 Å². The summed E-state index contributed by atoms with van der Waals surface area (Å²) in [4.78, 5) is 15.0. The molecule has 0 spiro atoms. The zero-order valence-corrected chi connectivity index (χ0v) is 11.7. The van der Waals surface area contributed by atoms with Gasteiger partial charge in [0.2, 0.25) is 0 Å². The Morgan fingerprint density at radius 3 is 2.90 bits per heavy atom. The molecule has 0 amide bonds. The number of rotatable bonds is 1. The van der Waals surface area contributed by atoms with Crippen LogP contribution in [0.2, 0.25) is 0 Å². The lowest BCUT2D eigenvalue weighted by Crippen LogP contribution is -2.46. The van der Waals surface area contributed by atoms with Crippen LogP contribution in [0, 0.1) is 5.92 Å². The summed E-state index contributed by atoms with van der Waals surface area (Å²) in [5.74, 6) is 1.12. The van der Waals surface area contributed by atoms with Gasteiger partial charge in [-0.3, -0.25) is 4.79 Å². The maximum absolute atomic E-state index is 12.8. The van der Waals surface area contributed by atoms with Crippen molar-refractivity contribution >= 4 is 5.69 Å². The van der Waals surface area contributed by atoms with Crippen LogP contribution in [0.1, 0.15) is 18.0 Å². The summed E-state index contributed by atoms with van der Waals surface area (Å²) in [6.45, 7) is 6.01. The lowest BCUT2D eigenvalue weighted by Gasteiger charge is -2.38. The first-order valence-electron chi connectivity index (χ1n) is 7.60. The van der Waals surface area contributed by atoms with Gasteiger partial charge in [0.1, 0.15) is 5.69 Å². The molecule has 1 N–H and O–H groups in total. The van der Waals surface area contributed by atoms with Gasteiger partial charge in [-0.2, -0.15) is 0 Å². The Balaban J connectivity index is 1.73. The second-order valence-corrected chi connectivity index (χ2v) is 6.12. The number of pyridine rings is 1. The van der Waals surface area contributed by atoms with Gasteiger partial charge in [0, 0.05) is 37.8 Å². The third-order valence-electron chi connectivity index (χ3n) is 4.84. The zero-order valence-electron chi connectivity index (χ0n) is 11.7. The van der Waals surface area contributed by atoms with Gasteiger partial charge in [0.15, 0.2) is 0 Å². The normalized spacial score (nSPS) is 29.1. The van der Waals surface area contributed by atoms with Crippen molar-refractivity contribution in [3.8, 4) is 0 Å². The number of fused-ring (bicyclic) bond motifs is 4. The van der Waals surface area contributed by atoms with Crippen LogP contribution < -0.4 is 15.8 Å². The number of nitrogens with one attached hydrogen (secondary N) is 1. The molecule has 1 aromatic rings. The highest BCUT2D eigenvalue weighted by atomic mass is 16.5. The average molecular weight is 275 g/mol. The molecule has 2 unspecified atom stereocenters. The van der Waals surface area contributed by atoms with E-state index in [0.29, 0.717) is 11.8 Å². The number of morpholine rings is 1. The predicted octanol–water partition coefficient (Wildman–Crippen LogP) is 0.392. The zero-order chi connectivity index (χ0) is 13.5. The third kappa shape index (κ3) is 1.96. The van der Waals surface area contributed by atoms with Gasteiger partial charge >= 0.3 is 0 Å². The van der Waals surface area contributed by atoms with Crippen molar-refractivity contribution in [2.24, 2.45) is 5.92 Å². The highest BCUT2D eigenvalue weighted by molar-refractivity contribution is 5.46. The Kier molecular flexibility index (Phi) is 3.04.